The van der Waals surface area contributed by atoms with Crippen molar-refractivity contribution in [3.05, 3.63) is 102 Å². The molecule has 1 aromatic heterocycles. The molecule has 160 valence electrons. The van der Waals surface area contributed by atoms with E-state index < -0.39 is 0 Å². The monoisotopic (exact) mass is 443 g/mol. The van der Waals surface area contributed by atoms with Gasteiger partial charge in [0.1, 0.15) is 5.75 Å². The zero-order valence-electron chi connectivity index (χ0n) is 17.5. The van der Waals surface area contributed by atoms with Gasteiger partial charge in [0.25, 0.3) is 5.70 Å². The van der Waals surface area contributed by atoms with Crippen LogP contribution in [0.25, 0.3) is 22.2 Å². The van der Waals surface area contributed by atoms with Gasteiger partial charge in [0.2, 0.25) is 0 Å². The van der Waals surface area contributed by atoms with E-state index in [2.05, 4.69) is 5.32 Å². The van der Waals surface area contributed by atoms with Crippen LogP contribution in [0.5, 0.6) is 5.75 Å². The molecule has 1 heterocycles. The third-order valence-corrected chi connectivity index (χ3v) is 5.44. The Morgan fingerprint density at radius 3 is 2.47 bits per heavy atom. The predicted molar refractivity (Wildman–Crippen MR) is 131 cm³/mol. The van der Waals surface area contributed by atoms with E-state index in [1.807, 2.05) is 42.5 Å². The average molecular weight is 444 g/mol. The number of methoxy groups -OCH3 is 1. The highest BCUT2D eigenvalue weighted by Gasteiger charge is 2.24. The Labute approximate surface area is 191 Å². The normalized spacial score (nSPS) is 11.7. The molecule has 0 spiro atoms. The van der Waals surface area contributed by atoms with E-state index in [0.29, 0.717) is 27.6 Å². The van der Waals surface area contributed by atoms with Crippen LogP contribution in [-0.4, -0.2) is 22.3 Å². The average Bonchev–Trinajstić information content (AvgIpc) is 2.84. The van der Waals surface area contributed by atoms with Crippen LogP contribution in [0.3, 0.4) is 0 Å². The topological polar surface area (TPSA) is 65.6 Å². The molecule has 0 aliphatic rings. The maximum absolute atomic E-state index is 11.3. The minimum atomic E-state index is -0.124. The van der Waals surface area contributed by atoms with Gasteiger partial charge < -0.3 is 20.3 Å². The first kappa shape index (κ1) is 21.5. The molecule has 3 aromatic carbocycles. The molecule has 5 nitrogen and oxygen atoms in total. The summed E-state index contributed by atoms with van der Waals surface area (Å²) in [6.45, 7) is -0.124. The van der Waals surface area contributed by atoms with Crippen LogP contribution >= 0.6 is 12.2 Å². The number of aromatic nitrogens is 1. The number of ether oxygens (including phenoxy) is 1. The Balaban J connectivity index is 1.81. The number of pyridine rings is 1. The SMILES string of the molecule is COc1ccc(/C(O)=C(/C(=S)Nc2cccc3ccccc23)[n+]2cccc(CO)c2)cc1. The molecule has 0 amide bonds. The highest BCUT2D eigenvalue weighted by atomic mass is 32.1. The largest absolute Gasteiger partial charge is 0.502 e. The third-order valence-electron chi connectivity index (χ3n) is 5.14. The molecule has 0 saturated heterocycles. The molecule has 0 bridgehead atoms. The van der Waals surface area contributed by atoms with Gasteiger partial charge in [-0.05, 0) is 41.8 Å². The van der Waals surface area contributed by atoms with E-state index in [1.54, 1.807) is 60.5 Å². The van der Waals surface area contributed by atoms with Gasteiger partial charge in [0, 0.05) is 28.3 Å². The summed E-state index contributed by atoms with van der Waals surface area (Å²) in [4.78, 5) is 0.342. The Morgan fingerprint density at radius 1 is 0.969 bits per heavy atom. The second kappa shape index (κ2) is 9.60. The van der Waals surface area contributed by atoms with Gasteiger partial charge in [-0.1, -0.05) is 48.6 Å². The fourth-order valence-electron chi connectivity index (χ4n) is 3.51. The van der Waals surface area contributed by atoms with Gasteiger partial charge in [-0.3, -0.25) is 0 Å². The van der Waals surface area contributed by atoms with E-state index in [1.165, 1.54) is 0 Å². The summed E-state index contributed by atoms with van der Waals surface area (Å²) in [5.74, 6) is 0.694. The zero-order valence-corrected chi connectivity index (χ0v) is 18.3. The van der Waals surface area contributed by atoms with Crippen LogP contribution in [0.1, 0.15) is 11.1 Å². The molecule has 0 aliphatic carbocycles. The van der Waals surface area contributed by atoms with Crippen molar-refractivity contribution >= 4 is 45.1 Å². The molecule has 32 heavy (non-hydrogen) atoms. The molecule has 0 radical (unpaired) electrons. The lowest BCUT2D eigenvalue weighted by molar-refractivity contribution is -0.576. The van der Waals surface area contributed by atoms with Gasteiger partial charge in [0.05, 0.1) is 13.7 Å². The fourth-order valence-corrected chi connectivity index (χ4v) is 3.82. The minimum absolute atomic E-state index is 0.00507. The van der Waals surface area contributed by atoms with E-state index in [4.69, 9.17) is 17.0 Å². The van der Waals surface area contributed by atoms with Crippen molar-refractivity contribution in [1.82, 2.24) is 0 Å². The first-order chi connectivity index (χ1) is 15.6. The Kier molecular flexibility index (Phi) is 6.44. The van der Waals surface area contributed by atoms with E-state index in [9.17, 15) is 10.2 Å². The van der Waals surface area contributed by atoms with Gasteiger partial charge >= 0.3 is 0 Å². The number of benzene rings is 3. The molecular formula is C26H23N2O3S+. The van der Waals surface area contributed by atoms with Crippen molar-refractivity contribution in [3.63, 3.8) is 0 Å². The summed E-state index contributed by atoms with van der Waals surface area (Å²) in [5.41, 5.74) is 2.52. The fraction of sp³-hybridized carbons (Fsp3) is 0.0769. The number of hydrogen-bond donors (Lipinski definition) is 3. The highest BCUT2D eigenvalue weighted by Crippen LogP contribution is 2.26. The van der Waals surface area contributed by atoms with Gasteiger partial charge in [-0.15, -0.1) is 0 Å². The summed E-state index contributed by atoms with van der Waals surface area (Å²) in [6, 6.07) is 24.7. The molecule has 0 aliphatic heterocycles. The lowest BCUT2D eigenvalue weighted by Crippen LogP contribution is -2.39. The molecule has 4 rings (SSSR count). The molecule has 3 N–H and O–H groups in total. The Morgan fingerprint density at radius 2 is 1.72 bits per heavy atom. The standard InChI is InChI=1S/C26H22N2O3S/c1-31-21-13-11-20(12-14-21)25(30)24(28-15-5-6-18(16-28)17-29)26(32)27-23-10-4-8-19-7-2-3-9-22(19)23/h2-16,29H,17H2,1H3,(H-,27,30,32)/p+1. The van der Waals surface area contributed by atoms with Gasteiger partial charge in [-0.25, -0.2) is 0 Å². The number of aliphatic hydroxyl groups is 2. The number of anilines is 1. The number of nitrogens with one attached hydrogen (secondary N) is 1. The number of thiocarbonyl (C=S) groups is 1. The van der Waals surface area contributed by atoms with Crippen molar-refractivity contribution < 1.29 is 19.5 Å². The number of nitrogens with zero attached hydrogens (tertiary/aromatic N) is 1. The third kappa shape index (κ3) is 4.46. The van der Waals surface area contributed by atoms with Crippen molar-refractivity contribution in [3.8, 4) is 5.75 Å². The summed E-state index contributed by atoms with van der Waals surface area (Å²) in [7, 11) is 1.59. The van der Waals surface area contributed by atoms with Gasteiger partial charge in [-0.2, -0.15) is 4.57 Å². The molecule has 4 aromatic rings. The number of fused-ring (bicyclic) bond motifs is 1. The summed E-state index contributed by atoms with van der Waals surface area (Å²) in [6.07, 6.45) is 3.53. The van der Waals surface area contributed by atoms with Crippen molar-refractivity contribution in [2.24, 2.45) is 0 Å². The number of rotatable bonds is 6. The van der Waals surface area contributed by atoms with Crippen LogP contribution in [0, 0.1) is 0 Å². The van der Waals surface area contributed by atoms with Crippen molar-refractivity contribution in [1.29, 1.82) is 0 Å². The summed E-state index contributed by atoms with van der Waals surface area (Å²) in [5, 5.41) is 26.3. The summed E-state index contributed by atoms with van der Waals surface area (Å²) >= 11 is 5.77. The lowest BCUT2D eigenvalue weighted by atomic mass is 10.1. The lowest BCUT2D eigenvalue weighted by Gasteiger charge is -2.12. The molecule has 0 saturated carbocycles. The van der Waals surface area contributed by atoms with Gasteiger partial charge in [0.15, 0.2) is 23.1 Å². The molecule has 0 unspecified atom stereocenters. The van der Waals surface area contributed by atoms with Crippen molar-refractivity contribution in [2.75, 3.05) is 12.4 Å². The highest BCUT2D eigenvalue weighted by molar-refractivity contribution is 7.81. The Bertz CT molecular complexity index is 1290. The molecular weight excluding hydrogens is 420 g/mol. The maximum Gasteiger partial charge on any atom is 0.288 e. The van der Waals surface area contributed by atoms with Crippen molar-refractivity contribution in [2.45, 2.75) is 6.61 Å². The Hall–Kier alpha value is -3.74. The first-order valence-corrected chi connectivity index (χ1v) is 10.5. The zero-order chi connectivity index (χ0) is 22.5. The van der Waals surface area contributed by atoms with Crippen LogP contribution in [-0.2, 0) is 6.61 Å². The number of hydrogen-bond acceptors (Lipinski definition) is 4. The van der Waals surface area contributed by atoms with Crippen LogP contribution in [0.4, 0.5) is 5.69 Å². The van der Waals surface area contributed by atoms with E-state index >= 15 is 0 Å². The quantitative estimate of drug-likeness (QED) is 0.170. The predicted octanol–water partition coefficient (Wildman–Crippen LogP) is 4.95. The van der Waals surface area contributed by atoms with Crippen LogP contribution in [0.15, 0.2) is 91.3 Å². The second-order valence-corrected chi connectivity index (χ2v) is 7.59. The maximum atomic E-state index is 11.3. The smallest absolute Gasteiger partial charge is 0.288 e. The molecule has 0 fully saturated rings. The van der Waals surface area contributed by atoms with Crippen LogP contribution in [0.2, 0.25) is 0 Å². The van der Waals surface area contributed by atoms with Crippen LogP contribution < -0.4 is 14.6 Å². The molecule has 0 atom stereocenters. The second-order valence-electron chi connectivity index (χ2n) is 7.18. The number of aliphatic hydroxyl groups excluding tert-OH is 2. The minimum Gasteiger partial charge on any atom is -0.502 e. The molecule has 6 heteroatoms. The van der Waals surface area contributed by atoms with E-state index in [-0.39, 0.29) is 12.4 Å². The van der Waals surface area contributed by atoms with E-state index in [0.717, 1.165) is 16.5 Å². The summed E-state index contributed by atoms with van der Waals surface area (Å²) < 4.78 is 6.94. The first-order valence-electron chi connectivity index (χ1n) is 10.1.